The Morgan fingerprint density at radius 1 is 1.38 bits per heavy atom. The lowest BCUT2D eigenvalue weighted by molar-refractivity contribution is 0.0526. The molecule has 120 valence electrons. The SMILES string of the molecule is Cc1nc(C(C)NC(C)CCNC(=O)OC(C)(C)C)n[nH]1. The quantitative estimate of drug-likeness (QED) is 0.747. The number of aryl methyl sites for hydroxylation is 1. The molecule has 1 rings (SSSR count). The smallest absolute Gasteiger partial charge is 0.407 e. The first kappa shape index (κ1) is 17.4. The zero-order valence-electron chi connectivity index (χ0n) is 13.8. The largest absolute Gasteiger partial charge is 0.444 e. The van der Waals surface area contributed by atoms with E-state index in [4.69, 9.17) is 4.74 Å². The van der Waals surface area contributed by atoms with Gasteiger partial charge in [0.1, 0.15) is 11.4 Å². The lowest BCUT2D eigenvalue weighted by Gasteiger charge is -2.21. The van der Waals surface area contributed by atoms with Crippen molar-refractivity contribution in [2.75, 3.05) is 6.54 Å². The third-order valence-corrected chi connectivity index (χ3v) is 2.78. The molecule has 0 aliphatic rings. The summed E-state index contributed by atoms with van der Waals surface area (Å²) in [6.45, 7) is 12.0. The van der Waals surface area contributed by atoms with E-state index in [1.165, 1.54) is 0 Å². The number of alkyl carbamates (subject to hydrolysis) is 1. The Hall–Kier alpha value is -1.63. The highest BCUT2D eigenvalue weighted by Gasteiger charge is 2.16. The topological polar surface area (TPSA) is 91.9 Å². The van der Waals surface area contributed by atoms with E-state index >= 15 is 0 Å². The molecule has 1 aromatic heterocycles. The maximum Gasteiger partial charge on any atom is 0.407 e. The lowest BCUT2D eigenvalue weighted by atomic mass is 10.2. The second-order valence-electron chi connectivity index (χ2n) is 6.29. The third kappa shape index (κ3) is 7.08. The number of rotatable bonds is 6. The average molecular weight is 297 g/mol. The molecule has 1 amide bonds. The van der Waals surface area contributed by atoms with Crippen LogP contribution >= 0.6 is 0 Å². The molecule has 0 aliphatic carbocycles. The average Bonchev–Trinajstić information content (AvgIpc) is 2.73. The van der Waals surface area contributed by atoms with Crippen LogP contribution in [-0.2, 0) is 4.74 Å². The van der Waals surface area contributed by atoms with Crippen molar-refractivity contribution in [1.29, 1.82) is 0 Å². The second-order valence-corrected chi connectivity index (χ2v) is 6.29. The number of ether oxygens (including phenoxy) is 1. The number of amides is 1. The predicted octanol–water partition coefficient (Wildman–Crippen LogP) is 2.07. The molecule has 0 saturated carbocycles. The van der Waals surface area contributed by atoms with E-state index in [1.54, 1.807) is 0 Å². The molecule has 0 aromatic carbocycles. The highest BCUT2D eigenvalue weighted by atomic mass is 16.6. The molecular formula is C14H27N5O2. The van der Waals surface area contributed by atoms with Crippen LogP contribution in [0.3, 0.4) is 0 Å². The predicted molar refractivity (Wildman–Crippen MR) is 81.0 cm³/mol. The summed E-state index contributed by atoms with van der Waals surface area (Å²) in [5.41, 5.74) is -0.466. The van der Waals surface area contributed by atoms with Crippen LogP contribution in [-0.4, -0.2) is 39.5 Å². The third-order valence-electron chi connectivity index (χ3n) is 2.78. The van der Waals surface area contributed by atoms with Gasteiger partial charge < -0.3 is 15.4 Å². The summed E-state index contributed by atoms with van der Waals surface area (Å²) in [7, 11) is 0. The van der Waals surface area contributed by atoms with Crippen LogP contribution in [0, 0.1) is 6.92 Å². The Kier molecular flexibility index (Phi) is 6.14. The van der Waals surface area contributed by atoms with Crippen molar-refractivity contribution in [3.05, 3.63) is 11.6 Å². The van der Waals surface area contributed by atoms with Gasteiger partial charge in [-0.3, -0.25) is 5.10 Å². The molecule has 0 saturated heterocycles. The Balaban J connectivity index is 2.25. The van der Waals surface area contributed by atoms with Crippen molar-refractivity contribution in [2.24, 2.45) is 0 Å². The molecule has 2 atom stereocenters. The fourth-order valence-corrected chi connectivity index (χ4v) is 1.84. The van der Waals surface area contributed by atoms with E-state index in [0.29, 0.717) is 6.54 Å². The normalized spacial score (nSPS) is 14.6. The number of nitrogens with one attached hydrogen (secondary N) is 3. The summed E-state index contributed by atoms with van der Waals surface area (Å²) in [5.74, 6) is 1.55. The molecule has 7 nitrogen and oxygen atoms in total. The maximum absolute atomic E-state index is 11.5. The summed E-state index contributed by atoms with van der Waals surface area (Å²) >= 11 is 0. The van der Waals surface area contributed by atoms with E-state index in [2.05, 4.69) is 32.7 Å². The highest BCUT2D eigenvalue weighted by molar-refractivity contribution is 5.67. The van der Waals surface area contributed by atoms with Gasteiger partial charge in [0.15, 0.2) is 5.82 Å². The van der Waals surface area contributed by atoms with Gasteiger partial charge in [0.05, 0.1) is 6.04 Å². The van der Waals surface area contributed by atoms with Gasteiger partial charge in [0, 0.05) is 12.6 Å². The molecule has 3 N–H and O–H groups in total. The minimum absolute atomic E-state index is 0.0616. The van der Waals surface area contributed by atoms with Crippen molar-refractivity contribution < 1.29 is 9.53 Å². The van der Waals surface area contributed by atoms with Gasteiger partial charge in [0.2, 0.25) is 0 Å². The van der Waals surface area contributed by atoms with Crippen LogP contribution in [0.2, 0.25) is 0 Å². The Morgan fingerprint density at radius 2 is 2.05 bits per heavy atom. The monoisotopic (exact) mass is 297 g/mol. The molecule has 1 heterocycles. The first-order valence-electron chi connectivity index (χ1n) is 7.29. The minimum Gasteiger partial charge on any atom is -0.444 e. The molecule has 0 fully saturated rings. The van der Waals surface area contributed by atoms with Crippen molar-refractivity contribution >= 4 is 6.09 Å². The van der Waals surface area contributed by atoms with Crippen molar-refractivity contribution in [2.45, 2.75) is 65.6 Å². The fourth-order valence-electron chi connectivity index (χ4n) is 1.84. The minimum atomic E-state index is -0.466. The van der Waals surface area contributed by atoms with Gasteiger partial charge in [0.25, 0.3) is 0 Å². The Labute approximate surface area is 126 Å². The molecule has 21 heavy (non-hydrogen) atoms. The van der Waals surface area contributed by atoms with E-state index < -0.39 is 5.60 Å². The van der Waals surface area contributed by atoms with Crippen LogP contribution in [0.1, 0.15) is 58.7 Å². The number of hydrogen-bond acceptors (Lipinski definition) is 5. The Bertz CT molecular complexity index is 452. The van der Waals surface area contributed by atoms with Gasteiger partial charge >= 0.3 is 6.09 Å². The van der Waals surface area contributed by atoms with E-state index in [-0.39, 0.29) is 18.2 Å². The maximum atomic E-state index is 11.5. The second kappa shape index (κ2) is 7.40. The van der Waals surface area contributed by atoms with Crippen LogP contribution in [0.25, 0.3) is 0 Å². The highest BCUT2D eigenvalue weighted by Crippen LogP contribution is 2.08. The van der Waals surface area contributed by atoms with Crippen molar-refractivity contribution in [3.8, 4) is 0 Å². The zero-order chi connectivity index (χ0) is 16.0. The number of hydrogen-bond donors (Lipinski definition) is 3. The molecule has 7 heteroatoms. The number of nitrogens with zero attached hydrogens (tertiary/aromatic N) is 2. The van der Waals surface area contributed by atoms with Crippen LogP contribution < -0.4 is 10.6 Å². The molecule has 0 radical (unpaired) electrons. The molecule has 0 aliphatic heterocycles. The van der Waals surface area contributed by atoms with Crippen LogP contribution in [0.5, 0.6) is 0 Å². The van der Waals surface area contributed by atoms with Crippen molar-refractivity contribution in [3.63, 3.8) is 0 Å². The number of H-pyrrole nitrogens is 1. The number of aromatic nitrogens is 3. The molecule has 0 spiro atoms. The van der Waals surface area contributed by atoms with Gasteiger partial charge in [-0.05, 0) is 48.0 Å². The van der Waals surface area contributed by atoms with Crippen molar-refractivity contribution in [1.82, 2.24) is 25.8 Å². The van der Waals surface area contributed by atoms with Gasteiger partial charge in [-0.15, -0.1) is 0 Å². The summed E-state index contributed by atoms with van der Waals surface area (Å²) < 4.78 is 5.18. The molecule has 1 aromatic rings. The van der Waals surface area contributed by atoms with Gasteiger partial charge in [-0.25, -0.2) is 9.78 Å². The number of aromatic amines is 1. The summed E-state index contributed by atoms with van der Waals surface area (Å²) in [6.07, 6.45) is 0.417. The Morgan fingerprint density at radius 3 is 2.57 bits per heavy atom. The van der Waals surface area contributed by atoms with E-state index in [1.807, 2.05) is 34.6 Å². The summed E-state index contributed by atoms with van der Waals surface area (Å²) in [4.78, 5) is 15.8. The van der Waals surface area contributed by atoms with Crippen LogP contribution in [0.15, 0.2) is 0 Å². The lowest BCUT2D eigenvalue weighted by Crippen LogP contribution is -2.36. The molecule has 0 bridgehead atoms. The first-order chi connectivity index (χ1) is 9.67. The van der Waals surface area contributed by atoms with Crippen LogP contribution in [0.4, 0.5) is 4.79 Å². The molecule has 2 unspecified atom stereocenters. The fraction of sp³-hybridized carbons (Fsp3) is 0.786. The van der Waals surface area contributed by atoms with E-state index in [9.17, 15) is 4.79 Å². The van der Waals surface area contributed by atoms with Gasteiger partial charge in [-0.2, -0.15) is 5.10 Å². The number of carbonyl (C=O) groups is 1. The molecular weight excluding hydrogens is 270 g/mol. The summed E-state index contributed by atoms with van der Waals surface area (Å²) in [6, 6.07) is 0.292. The number of carbonyl (C=O) groups excluding carboxylic acids is 1. The first-order valence-corrected chi connectivity index (χ1v) is 7.29. The zero-order valence-corrected chi connectivity index (χ0v) is 13.8. The van der Waals surface area contributed by atoms with E-state index in [0.717, 1.165) is 18.1 Å². The standard InChI is InChI=1S/C14H27N5O2/c1-9(7-8-15-13(20)21-14(4,5)6)16-10(2)12-17-11(3)18-19-12/h9-10,16H,7-8H2,1-6H3,(H,15,20)(H,17,18,19). The van der Waals surface area contributed by atoms with Gasteiger partial charge in [-0.1, -0.05) is 0 Å². The summed E-state index contributed by atoms with van der Waals surface area (Å²) in [5, 5.41) is 13.1.